The first-order valence-corrected chi connectivity index (χ1v) is 9.97. The van der Waals surface area contributed by atoms with Gasteiger partial charge in [-0.25, -0.2) is 0 Å². The molecule has 8 heteroatoms. The van der Waals surface area contributed by atoms with Crippen LogP contribution in [0, 0.1) is 0 Å². The van der Waals surface area contributed by atoms with E-state index >= 15 is 0 Å². The highest BCUT2D eigenvalue weighted by Crippen LogP contribution is 2.28. The van der Waals surface area contributed by atoms with E-state index in [9.17, 15) is 14.4 Å². The van der Waals surface area contributed by atoms with Gasteiger partial charge >= 0.3 is 0 Å². The summed E-state index contributed by atoms with van der Waals surface area (Å²) in [4.78, 5) is 38.0. The van der Waals surface area contributed by atoms with Crippen LogP contribution in [-0.4, -0.2) is 24.3 Å². The molecular formula is C19H20ClN3O3S. The molecule has 1 aromatic carbocycles. The van der Waals surface area contributed by atoms with E-state index in [0.29, 0.717) is 9.90 Å². The molecule has 0 bridgehead atoms. The Morgan fingerprint density at radius 1 is 1.00 bits per heavy atom. The van der Waals surface area contributed by atoms with Crippen molar-refractivity contribution in [2.75, 3.05) is 6.54 Å². The molecule has 0 aliphatic heterocycles. The first kappa shape index (κ1) is 19.4. The van der Waals surface area contributed by atoms with E-state index in [-0.39, 0.29) is 18.0 Å². The largest absolute Gasteiger partial charge is 0.343 e. The number of aryl methyl sites for hydroxylation is 2. The summed E-state index contributed by atoms with van der Waals surface area (Å²) in [6, 6.07) is 8.47. The van der Waals surface area contributed by atoms with E-state index in [0.717, 1.165) is 25.7 Å². The first-order valence-electron chi connectivity index (χ1n) is 8.78. The average molecular weight is 406 g/mol. The Bertz CT molecular complexity index is 842. The van der Waals surface area contributed by atoms with Gasteiger partial charge in [-0.1, -0.05) is 30.2 Å². The van der Waals surface area contributed by atoms with Gasteiger partial charge in [0.25, 0.3) is 17.7 Å². The van der Waals surface area contributed by atoms with Gasteiger partial charge in [-0.3, -0.25) is 25.2 Å². The van der Waals surface area contributed by atoms with Crippen molar-refractivity contribution in [2.45, 2.75) is 32.1 Å². The highest BCUT2D eigenvalue weighted by atomic mass is 35.5. The molecule has 3 amide bonds. The second kappa shape index (κ2) is 9.01. The maximum atomic E-state index is 12.2. The van der Waals surface area contributed by atoms with Crippen molar-refractivity contribution < 1.29 is 14.4 Å². The number of hydrogen-bond donors (Lipinski definition) is 3. The Labute approximate surface area is 166 Å². The topological polar surface area (TPSA) is 87.3 Å². The standard InChI is InChI=1S/C19H20ClN3O3S/c20-14-8-5-4-7-13(14)18(25)21-11-17(24)22-23-19(26)16-10-12-6-2-1-3-9-15(12)27-16/h4-5,7-8,10H,1-3,6,9,11H2,(H,21,25)(H,22,24)(H,23,26). The van der Waals surface area contributed by atoms with Crippen molar-refractivity contribution in [1.29, 1.82) is 0 Å². The molecule has 1 aliphatic rings. The number of nitrogens with one attached hydrogen (secondary N) is 3. The minimum atomic E-state index is -0.526. The Kier molecular flexibility index (Phi) is 6.47. The van der Waals surface area contributed by atoms with Crippen LogP contribution in [0.2, 0.25) is 5.02 Å². The summed E-state index contributed by atoms with van der Waals surface area (Å²) < 4.78 is 0. The van der Waals surface area contributed by atoms with Crippen LogP contribution in [0.5, 0.6) is 0 Å². The molecule has 0 radical (unpaired) electrons. The third kappa shape index (κ3) is 5.08. The number of fused-ring (bicyclic) bond motifs is 1. The molecule has 3 N–H and O–H groups in total. The van der Waals surface area contributed by atoms with Crippen molar-refractivity contribution in [2.24, 2.45) is 0 Å². The molecule has 27 heavy (non-hydrogen) atoms. The summed E-state index contributed by atoms with van der Waals surface area (Å²) in [5.74, 6) is -1.33. The fraction of sp³-hybridized carbons (Fsp3) is 0.316. The first-order chi connectivity index (χ1) is 13.0. The van der Waals surface area contributed by atoms with Gasteiger partial charge in [0.15, 0.2) is 0 Å². The minimum Gasteiger partial charge on any atom is -0.343 e. The van der Waals surface area contributed by atoms with Gasteiger partial charge in [0.05, 0.1) is 22.0 Å². The molecule has 142 valence electrons. The number of halogens is 1. The van der Waals surface area contributed by atoms with E-state index < -0.39 is 11.8 Å². The Morgan fingerprint density at radius 2 is 1.78 bits per heavy atom. The molecule has 0 spiro atoms. The van der Waals surface area contributed by atoms with Gasteiger partial charge in [-0.05, 0) is 49.4 Å². The highest BCUT2D eigenvalue weighted by molar-refractivity contribution is 7.14. The van der Waals surface area contributed by atoms with E-state index in [4.69, 9.17) is 11.6 Å². The molecule has 1 heterocycles. The molecule has 3 rings (SSSR count). The molecule has 1 aliphatic carbocycles. The van der Waals surface area contributed by atoms with E-state index in [2.05, 4.69) is 16.2 Å². The minimum absolute atomic E-state index is 0.273. The fourth-order valence-corrected chi connectivity index (χ4v) is 4.28. The second-order valence-corrected chi connectivity index (χ2v) is 7.83. The number of carbonyl (C=O) groups is 3. The summed E-state index contributed by atoms with van der Waals surface area (Å²) >= 11 is 7.42. The fourth-order valence-electron chi connectivity index (χ4n) is 2.91. The lowest BCUT2D eigenvalue weighted by Crippen LogP contribution is -2.46. The Hall–Kier alpha value is -2.38. The number of benzene rings is 1. The number of thiophene rings is 1. The van der Waals surface area contributed by atoms with Crippen LogP contribution >= 0.6 is 22.9 Å². The Morgan fingerprint density at radius 3 is 2.59 bits per heavy atom. The highest BCUT2D eigenvalue weighted by Gasteiger charge is 2.17. The summed E-state index contributed by atoms with van der Waals surface area (Å²) in [6.07, 6.45) is 5.52. The molecule has 0 unspecified atom stereocenters. The van der Waals surface area contributed by atoms with Gasteiger partial charge in [0.2, 0.25) is 0 Å². The molecule has 2 aromatic rings. The third-order valence-corrected chi connectivity index (χ3v) is 5.88. The molecule has 0 fully saturated rings. The van der Waals surface area contributed by atoms with E-state index in [1.165, 1.54) is 28.2 Å². The van der Waals surface area contributed by atoms with Crippen molar-refractivity contribution in [3.63, 3.8) is 0 Å². The summed E-state index contributed by atoms with van der Waals surface area (Å²) in [6.45, 7) is -0.273. The SMILES string of the molecule is O=C(CNC(=O)c1ccccc1Cl)NNC(=O)c1cc2c(s1)CCCCC2. The predicted octanol–water partition coefficient (Wildman–Crippen LogP) is 2.86. The lowest BCUT2D eigenvalue weighted by molar-refractivity contribution is -0.120. The van der Waals surface area contributed by atoms with Crippen molar-refractivity contribution >= 4 is 40.7 Å². The molecular weight excluding hydrogens is 386 g/mol. The molecule has 0 atom stereocenters. The average Bonchev–Trinajstić information content (AvgIpc) is 2.95. The summed E-state index contributed by atoms with van der Waals surface area (Å²) in [5.41, 5.74) is 6.23. The van der Waals surface area contributed by atoms with Gasteiger partial charge < -0.3 is 5.32 Å². The van der Waals surface area contributed by atoms with E-state index in [1.54, 1.807) is 24.3 Å². The van der Waals surface area contributed by atoms with Crippen molar-refractivity contribution in [3.8, 4) is 0 Å². The number of hydrazine groups is 1. The summed E-state index contributed by atoms with van der Waals surface area (Å²) in [7, 11) is 0. The number of hydrogen-bond acceptors (Lipinski definition) is 4. The monoisotopic (exact) mass is 405 g/mol. The number of rotatable bonds is 4. The van der Waals surface area contributed by atoms with Crippen LogP contribution in [0.1, 0.15) is 49.7 Å². The van der Waals surface area contributed by atoms with Crippen molar-refractivity contribution in [3.05, 3.63) is 56.2 Å². The molecule has 6 nitrogen and oxygen atoms in total. The smallest absolute Gasteiger partial charge is 0.279 e. The normalized spacial score (nSPS) is 13.2. The molecule has 1 aromatic heterocycles. The van der Waals surface area contributed by atoms with Gasteiger partial charge in [-0.2, -0.15) is 0 Å². The van der Waals surface area contributed by atoms with Gasteiger partial charge in [0.1, 0.15) is 0 Å². The predicted molar refractivity (Wildman–Crippen MR) is 105 cm³/mol. The Balaban J connectivity index is 1.47. The third-order valence-electron chi connectivity index (χ3n) is 4.31. The second-order valence-electron chi connectivity index (χ2n) is 6.28. The van der Waals surface area contributed by atoms with Gasteiger partial charge in [0, 0.05) is 4.88 Å². The van der Waals surface area contributed by atoms with E-state index in [1.807, 2.05) is 6.07 Å². The van der Waals surface area contributed by atoms with Crippen molar-refractivity contribution in [1.82, 2.24) is 16.2 Å². The lowest BCUT2D eigenvalue weighted by atomic mass is 10.1. The molecule has 0 saturated carbocycles. The molecule has 0 saturated heterocycles. The zero-order valence-corrected chi connectivity index (χ0v) is 16.2. The quantitative estimate of drug-likeness (QED) is 0.540. The zero-order chi connectivity index (χ0) is 19.2. The van der Waals surface area contributed by atoms with Crippen LogP contribution in [0.3, 0.4) is 0 Å². The van der Waals surface area contributed by atoms with Gasteiger partial charge in [-0.15, -0.1) is 11.3 Å². The maximum absolute atomic E-state index is 12.2. The van der Waals surface area contributed by atoms with Crippen LogP contribution in [0.25, 0.3) is 0 Å². The maximum Gasteiger partial charge on any atom is 0.279 e. The number of carbonyl (C=O) groups excluding carboxylic acids is 3. The van der Waals surface area contributed by atoms with Crippen LogP contribution in [0.15, 0.2) is 30.3 Å². The zero-order valence-electron chi connectivity index (χ0n) is 14.6. The van der Waals surface area contributed by atoms with Crippen LogP contribution in [0.4, 0.5) is 0 Å². The number of amides is 3. The summed E-state index contributed by atoms with van der Waals surface area (Å²) in [5, 5.41) is 2.77. The lowest BCUT2D eigenvalue weighted by Gasteiger charge is -2.08. The van der Waals surface area contributed by atoms with Crippen LogP contribution < -0.4 is 16.2 Å². The van der Waals surface area contributed by atoms with Crippen LogP contribution in [-0.2, 0) is 17.6 Å².